The molecule has 2 aromatic carbocycles. The summed E-state index contributed by atoms with van der Waals surface area (Å²) < 4.78 is 55.5. The monoisotopic (exact) mass is 459 g/mol. The maximum atomic E-state index is 13.2. The van der Waals surface area contributed by atoms with Gasteiger partial charge in [-0.3, -0.25) is 4.79 Å². The van der Waals surface area contributed by atoms with Crippen LogP contribution in [-0.4, -0.2) is 18.8 Å². The molecule has 1 saturated carbocycles. The van der Waals surface area contributed by atoms with Crippen molar-refractivity contribution in [3.63, 3.8) is 0 Å². The van der Waals surface area contributed by atoms with Gasteiger partial charge in [-0.2, -0.15) is 18.4 Å². The van der Waals surface area contributed by atoms with Crippen LogP contribution in [0.4, 0.5) is 13.2 Å². The molecular formula is C25H24F3NO4. The highest BCUT2D eigenvalue weighted by Gasteiger charge is 2.63. The number of carbonyl (C=O) groups is 1. The van der Waals surface area contributed by atoms with Crippen LogP contribution in [0.25, 0.3) is 0 Å². The van der Waals surface area contributed by atoms with E-state index in [1.165, 1.54) is 6.92 Å². The third-order valence-electron chi connectivity index (χ3n) is 5.57. The van der Waals surface area contributed by atoms with Crippen molar-refractivity contribution in [2.75, 3.05) is 6.61 Å². The zero-order valence-electron chi connectivity index (χ0n) is 18.4. The van der Waals surface area contributed by atoms with Crippen molar-refractivity contribution in [3.8, 4) is 17.6 Å². The number of nitriles is 1. The zero-order chi connectivity index (χ0) is 24.2. The lowest BCUT2D eigenvalue weighted by molar-refractivity contribution is -0.149. The number of hydrogen-bond acceptors (Lipinski definition) is 5. The van der Waals surface area contributed by atoms with E-state index >= 15 is 0 Å². The minimum atomic E-state index is -4.66. The summed E-state index contributed by atoms with van der Waals surface area (Å²) in [6, 6.07) is 17.5. The molecule has 1 fully saturated rings. The molecule has 33 heavy (non-hydrogen) atoms. The molecule has 0 aliphatic heterocycles. The molecule has 0 saturated heterocycles. The Morgan fingerprint density at radius 2 is 1.82 bits per heavy atom. The summed E-state index contributed by atoms with van der Waals surface area (Å²) in [5.74, 6) is -2.35. The SMILES string of the molecule is CCOC(=CC1C(C(=O)OC(C#N)c2cccc(Oc3ccccc3)c2)C1(C)C)C(F)(F)F. The average molecular weight is 459 g/mol. The number of carbonyl (C=O) groups excluding carboxylic acids is 1. The van der Waals surface area contributed by atoms with E-state index in [-0.39, 0.29) is 6.61 Å². The Morgan fingerprint density at radius 1 is 1.15 bits per heavy atom. The summed E-state index contributed by atoms with van der Waals surface area (Å²) in [6.45, 7) is 4.66. The first-order valence-electron chi connectivity index (χ1n) is 10.4. The fourth-order valence-corrected chi connectivity index (χ4v) is 3.71. The van der Waals surface area contributed by atoms with Crippen LogP contribution >= 0.6 is 0 Å². The van der Waals surface area contributed by atoms with Gasteiger partial charge in [0.2, 0.25) is 6.10 Å². The normalized spacial score (nSPS) is 20.3. The number of ether oxygens (including phenoxy) is 3. The Labute approximate surface area is 190 Å². The molecule has 0 radical (unpaired) electrons. The van der Waals surface area contributed by atoms with Crippen molar-refractivity contribution in [1.29, 1.82) is 5.26 Å². The van der Waals surface area contributed by atoms with Gasteiger partial charge in [-0.15, -0.1) is 0 Å². The number of benzene rings is 2. The second kappa shape index (κ2) is 9.57. The largest absolute Gasteiger partial charge is 0.489 e. The van der Waals surface area contributed by atoms with Crippen LogP contribution in [-0.2, 0) is 14.3 Å². The van der Waals surface area contributed by atoms with Crippen LogP contribution in [0.5, 0.6) is 11.5 Å². The molecule has 2 aromatic rings. The lowest BCUT2D eigenvalue weighted by atomic mass is 10.1. The number of allylic oxidation sites excluding steroid dienone is 2. The van der Waals surface area contributed by atoms with E-state index < -0.39 is 41.3 Å². The molecule has 0 heterocycles. The van der Waals surface area contributed by atoms with Crippen molar-refractivity contribution >= 4 is 5.97 Å². The summed E-state index contributed by atoms with van der Waals surface area (Å²) in [5.41, 5.74) is -0.363. The molecule has 0 aromatic heterocycles. The fourth-order valence-electron chi connectivity index (χ4n) is 3.71. The van der Waals surface area contributed by atoms with Gasteiger partial charge < -0.3 is 14.2 Å². The number of esters is 1. The van der Waals surface area contributed by atoms with Crippen LogP contribution < -0.4 is 4.74 Å². The van der Waals surface area contributed by atoms with Gasteiger partial charge in [0.15, 0.2) is 5.76 Å². The number of nitrogens with zero attached hydrogens (tertiary/aromatic N) is 1. The van der Waals surface area contributed by atoms with Gasteiger partial charge in [-0.25, -0.2) is 0 Å². The average Bonchev–Trinajstić information content (AvgIpc) is 3.31. The second-order valence-electron chi connectivity index (χ2n) is 8.22. The van der Waals surface area contributed by atoms with E-state index in [1.807, 2.05) is 24.3 Å². The molecule has 3 atom stereocenters. The van der Waals surface area contributed by atoms with E-state index in [9.17, 15) is 23.2 Å². The molecule has 1 aliphatic rings. The first kappa shape index (κ1) is 24.2. The Balaban J connectivity index is 1.74. The standard InChI is InChI=1S/C25H24F3NO4/c1-4-31-21(25(26,27)28)14-19-22(24(19,2)3)23(30)33-20(15-29)16-9-8-12-18(13-16)32-17-10-6-5-7-11-17/h5-14,19-20,22H,4H2,1-3H3. The number of para-hydroxylation sites is 1. The van der Waals surface area contributed by atoms with Gasteiger partial charge in [-0.05, 0) is 42.7 Å². The number of rotatable bonds is 8. The summed E-state index contributed by atoms with van der Waals surface area (Å²) in [6.07, 6.45) is -4.95. The molecule has 0 bridgehead atoms. The molecule has 3 unspecified atom stereocenters. The van der Waals surface area contributed by atoms with Gasteiger partial charge >= 0.3 is 12.1 Å². The van der Waals surface area contributed by atoms with Crippen molar-refractivity contribution in [1.82, 2.24) is 0 Å². The molecule has 0 N–H and O–H groups in total. The van der Waals surface area contributed by atoms with Crippen LogP contribution in [0.3, 0.4) is 0 Å². The maximum Gasteiger partial charge on any atom is 0.448 e. The molecule has 5 nitrogen and oxygen atoms in total. The van der Waals surface area contributed by atoms with Gasteiger partial charge in [-0.1, -0.05) is 44.2 Å². The van der Waals surface area contributed by atoms with Gasteiger partial charge in [0.1, 0.15) is 17.6 Å². The predicted octanol–water partition coefficient (Wildman–Crippen LogP) is 6.34. The lowest BCUT2D eigenvalue weighted by Crippen LogP contribution is -2.16. The van der Waals surface area contributed by atoms with Gasteiger partial charge in [0.05, 0.1) is 12.5 Å². The van der Waals surface area contributed by atoms with Crippen molar-refractivity contribution in [3.05, 3.63) is 72.0 Å². The predicted molar refractivity (Wildman–Crippen MR) is 114 cm³/mol. The van der Waals surface area contributed by atoms with Crippen LogP contribution in [0, 0.1) is 28.6 Å². The highest BCUT2D eigenvalue weighted by atomic mass is 19.4. The molecule has 8 heteroatoms. The maximum absolute atomic E-state index is 13.2. The molecule has 174 valence electrons. The Hall–Kier alpha value is -3.47. The highest BCUT2D eigenvalue weighted by Crippen LogP contribution is 2.60. The summed E-state index contributed by atoms with van der Waals surface area (Å²) in [5, 5.41) is 9.58. The van der Waals surface area contributed by atoms with Crippen molar-refractivity contribution in [2.24, 2.45) is 17.3 Å². The first-order chi connectivity index (χ1) is 15.6. The zero-order valence-corrected chi connectivity index (χ0v) is 18.4. The molecule has 3 rings (SSSR count). The fraction of sp³-hybridized carbons (Fsp3) is 0.360. The Kier molecular flexibility index (Phi) is 7.01. The van der Waals surface area contributed by atoms with Crippen LogP contribution in [0.15, 0.2) is 66.4 Å². The van der Waals surface area contributed by atoms with E-state index in [4.69, 9.17) is 14.2 Å². The minimum absolute atomic E-state index is 0.147. The smallest absolute Gasteiger partial charge is 0.448 e. The highest BCUT2D eigenvalue weighted by molar-refractivity contribution is 5.78. The molecular weight excluding hydrogens is 435 g/mol. The minimum Gasteiger partial charge on any atom is -0.489 e. The van der Waals surface area contributed by atoms with E-state index in [0.717, 1.165) is 6.08 Å². The molecule has 1 aliphatic carbocycles. The van der Waals surface area contributed by atoms with Gasteiger partial charge in [0.25, 0.3) is 0 Å². The summed E-state index contributed by atoms with van der Waals surface area (Å²) in [4.78, 5) is 12.8. The van der Waals surface area contributed by atoms with Gasteiger partial charge in [0, 0.05) is 11.5 Å². The van der Waals surface area contributed by atoms with Crippen LogP contribution in [0.2, 0.25) is 0 Å². The number of alkyl halides is 3. The quantitative estimate of drug-likeness (QED) is 0.340. The topological polar surface area (TPSA) is 68.5 Å². The summed E-state index contributed by atoms with van der Waals surface area (Å²) >= 11 is 0. The number of hydrogen-bond donors (Lipinski definition) is 0. The summed E-state index contributed by atoms with van der Waals surface area (Å²) in [7, 11) is 0. The van der Waals surface area contributed by atoms with Crippen molar-refractivity contribution in [2.45, 2.75) is 33.1 Å². The third-order valence-corrected chi connectivity index (χ3v) is 5.57. The first-order valence-corrected chi connectivity index (χ1v) is 10.4. The van der Waals surface area contributed by atoms with E-state index in [1.54, 1.807) is 50.2 Å². The van der Waals surface area contributed by atoms with Crippen molar-refractivity contribution < 1.29 is 32.2 Å². The molecule has 0 spiro atoms. The van der Waals surface area contributed by atoms with E-state index in [2.05, 4.69) is 0 Å². The van der Waals surface area contributed by atoms with E-state index in [0.29, 0.717) is 17.1 Å². The van der Waals surface area contributed by atoms with Crippen LogP contribution in [0.1, 0.15) is 32.4 Å². The third kappa shape index (κ3) is 5.67. The Bertz CT molecular complexity index is 1060. The number of halogens is 3. The molecule has 0 amide bonds. The Morgan fingerprint density at radius 3 is 2.42 bits per heavy atom. The second-order valence-corrected chi connectivity index (χ2v) is 8.22. The lowest BCUT2D eigenvalue weighted by Gasteiger charge is -2.14.